The molecule has 0 spiro atoms. The average Bonchev–Trinajstić information content (AvgIpc) is 3.30. The number of nitrogens with zero attached hydrogens (tertiary/aromatic N) is 1. The molecule has 0 saturated carbocycles. The highest BCUT2D eigenvalue weighted by molar-refractivity contribution is 7.87. The van der Waals surface area contributed by atoms with E-state index in [1.807, 2.05) is 20.8 Å². The number of amides is 1. The fourth-order valence-corrected chi connectivity index (χ4v) is 4.93. The number of alkyl halides is 3. The van der Waals surface area contributed by atoms with Crippen molar-refractivity contribution >= 4 is 16.0 Å². The molecule has 1 aliphatic heterocycles. The molecule has 1 saturated heterocycles. The lowest BCUT2D eigenvalue weighted by Gasteiger charge is -2.29. The molecule has 1 amide bonds. The maximum atomic E-state index is 13.1. The molecule has 1 fully saturated rings. The summed E-state index contributed by atoms with van der Waals surface area (Å²) in [7, 11) is -3.30. The van der Waals surface area contributed by atoms with E-state index in [2.05, 4.69) is 0 Å². The number of carbonyl (C=O) groups is 1. The van der Waals surface area contributed by atoms with Crippen molar-refractivity contribution in [3.05, 3.63) is 53.6 Å². The summed E-state index contributed by atoms with van der Waals surface area (Å²) < 4.78 is 81.1. The van der Waals surface area contributed by atoms with Crippen molar-refractivity contribution in [1.82, 2.24) is 4.90 Å². The molecule has 7 nitrogen and oxygen atoms in total. The second kappa shape index (κ2) is 11.3. The molecular formula is C26H32F3NO6S. The maximum absolute atomic E-state index is 13.1. The summed E-state index contributed by atoms with van der Waals surface area (Å²) >= 11 is 0. The van der Waals surface area contributed by atoms with Gasteiger partial charge in [-0.2, -0.15) is 21.6 Å². The zero-order valence-electron chi connectivity index (χ0n) is 21.3. The molecule has 2 aromatic rings. The average molecular weight is 544 g/mol. The Bertz CT molecular complexity index is 1200. The van der Waals surface area contributed by atoms with Gasteiger partial charge in [-0.05, 0) is 54.2 Å². The Morgan fingerprint density at radius 1 is 1.11 bits per heavy atom. The van der Waals surface area contributed by atoms with Crippen molar-refractivity contribution in [3.8, 4) is 11.5 Å². The fourth-order valence-electron chi connectivity index (χ4n) is 3.95. The minimum absolute atomic E-state index is 0.0714. The lowest BCUT2D eigenvalue weighted by molar-refractivity contribution is -0.138. The first-order chi connectivity index (χ1) is 17.2. The molecule has 2 aromatic carbocycles. The van der Waals surface area contributed by atoms with E-state index in [0.29, 0.717) is 31.2 Å². The van der Waals surface area contributed by atoms with E-state index in [-0.39, 0.29) is 35.5 Å². The molecule has 0 aliphatic carbocycles. The summed E-state index contributed by atoms with van der Waals surface area (Å²) in [5.41, 5.74) is -0.783. The largest absolute Gasteiger partial charge is 0.493 e. The lowest BCUT2D eigenvalue weighted by atomic mass is 9.91. The molecule has 0 unspecified atom stereocenters. The maximum Gasteiger partial charge on any atom is 0.416 e. The minimum Gasteiger partial charge on any atom is -0.493 e. The molecule has 0 aromatic heterocycles. The number of carbonyl (C=O) groups excluding carboxylic acids is 1. The number of methoxy groups -OCH3 is 1. The lowest BCUT2D eigenvalue weighted by Crippen LogP contribution is -2.38. The minimum atomic E-state index is -4.71. The highest BCUT2D eigenvalue weighted by Crippen LogP contribution is 2.34. The van der Waals surface area contributed by atoms with Gasteiger partial charge in [0.1, 0.15) is 4.90 Å². The summed E-state index contributed by atoms with van der Waals surface area (Å²) in [6, 6.07) is 7.89. The number of hydrogen-bond acceptors (Lipinski definition) is 6. The summed E-state index contributed by atoms with van der Waals surface area (Å²) in [6.45, 7) is 7.09. The van der Waals surface area contributed by atoms with E-state index in [9.17, 15) is 26.4 Å². The van der Waals surface area contributed by atoms with Gasteiger partial charge in [0.2, 0.25) is 5.91 Å². The molecule has 0 bridgehead atoms. The van der Waals surface area contributed by atoms with Crippen molar-refractivity contribution < 1.29 is 40.0 Å². The molecule has 1 aliphatic rings. The Morgan fingerprint density at radius 3 is 2.43 bits per heavy atom. The van der Waals surface area contributed by atoms with E-state index >= 15 is 0 Å². The normalized spacial score (nSPS) is 16.5. The summed E-state index contributed by atoms with van der Waals surface area (Å²) in [4.78, 5) is 14.1. The summed E-state index contributed by atoms with van der Waals surface area (Å²) in [5, 5.41) is 0. The van der Waals surface area contributed by atoms with Gasteiger partial charge >= 0.3 is 16.3 Å². The molecule has 11 heteroatoms. The van der Waals surface area contributed by atoms with Crippen molar-refractivity contribution in [2.45, 2.75) is 63.8 Å². The highest BCUT2D eigenvalue weighted by atomic mass is 32.2. The third-order valence-electron chi connectivity index (χ3n) is 5.73. The smallest absolute Gasteiger partial charge is 0.416 e. The van der Waals surface area contributed by atoms with Crippen LogP contribution in [0.25, 0.3) is 0 Å². The van der Waals surface area contributed by atoms with Crippen LogP contribution in [0.2, 0.25) is 0 Å². The van der Waals surface area contributed by atoms with Crippen molar-refractivity contribution in [1.29, 1.82) is 0 Å². The van der Waals surface area contributed by atoms with Crippen LogP contribution < -0.4 is 8.92 Å². The van der Waals surface area contributed by atoms with Crippen LogP contribution in [0.1, 0.15) is 51.2 Å². The third-order valence-corrected chi connectivity index (χ3v) is 6.96. The number of hydrogen-bond donors (Lipinski definition) is 0. The van der Waals surface area contributed by atoms with Crippen molar-refractivity contribution in [2.24, 2.45) is 5.41 Å². The van der Waals surface area contributed by atoms with Gasteiger partial charge in [-0.25, -0.2) is 0 Å². The van der Waals surface area contributed by atoms with Crippen LogP contribution >= 0.6 is 0 Å². The van der Waals surface area contributed by atoms with Gasteiger partial charge in [0.15, 0.2) is 11.5 Å². The Hall–Kier alpha value is -2.79. The number of benzene rings is 2. The molecule has 204 valence electrons. The predicted molar refractivity (Wildman–Crippen MR) is 131 cm³/mol. The molecule has 3 rings (SSSR count). The zero-order chi connectivity index (χ0) is 27.4. The molecule has 1 atom stereocenters. The Labute approximate surface area is 215 Å². The standard InChI is InChI=1S/C26H32F3NO6S/c1-25(2,3)15-24(31)30(17-20-8-6-12-35-20)16-18-10-11-22(34-4)23(13-18)36-37(32,33)21-9-5-7-19(14-21)26(27,28)29/h5,7,9-11,13-14,20H,6,8,12,15-17H2,1-4H3/t20-/m1/s1. The Balaban J connectivity index is 1.88. The Morgan fingerprint density at radius 2 is 1.84 bits per heavy atom. The summed E-state index contributed by atoms with van der Waals surface area (Å²) in [5.74, 6) is -0.193. The van der Waals surface area contributed by atoms with Gasteiger partial charge in [-0.15, -0.1) is 0 Å². The third kappa shape index (κ3) is 8.10. The monoisotopic (exact) mass is 543 g/mol. The number of ether oxygens (including phenoxy) is 2. The first kappa shape index (κ1) is 28.8. The van der Waals surface area contributed by atoms with Crippen LogP contribution in [0.5, 0.6) is 11.5 Å². The Kier molecular flexibility index (Phi) is 8.79. The molecule has 1 heterocycles. The highest BCUT2D eigenvalue weighted by Gasteiger charge is 2.32. The number of rotatable bonds is 9. The van der Waals surface area contributed by atoms with Gasteiger partial charge < -0.3 is 18.6 Å². The second-order valence-electron chi connectivity index (χ2n) is 10.2. The van der Waals surface area contributed by atoms with E-state index < -0.39 is 26.8 Å². The summed E-state index contributed by atoms with van der Waals surface area (Å²) in [6.07, 6.45) is -2.73. The zero-order valence-corrected chi connectivity index (χ0v) is 22.1. The van der Waals surface area contributed by atoms with Gasteiger partial charge in [-0.3, -0.25) is 4.79 Å². The molecule has 0 N–H and O–H groups in total. The topological polar surface area (TPSA) is 82.1 Å². The van der Waals surface area contributed by atoms with Gasteiger partial charge in [0.05, 0.1) is 18.8 Å². The number of halogens is 3. The van der Waals surface area contributed by atoms with Crippen LogP contribution in [0.15, 0.2) is 47.4 Å². The van der Waals surface area contributed by atoms with Crippen molar-refractivity contribution in [2.75, 3.05) is 20.3 Å². The molecular weight excluding hydrogens is 511 g/mol. The first-order valence-corrected chi connectivity index (χ1v) is 13.3. The predicted octanol–water partition coefficient (Wildman–Crippen LogP) is 5.43. The van der Waals surface area contributed by atoms with Crippen LogP contribution in [0.3, 0.4) is 0 Å². The van der Waals surface area contributed by atoms with E-state index in [4.69, 9.17) is 13.7 Å². The van der Waals surface area contributed by atoms with Gasteiger partial charge in [0, 0.05) is 26.1 Å². The molecule has 0 radical (unpaired) electrons. The first-order valence-electron chi connectivity index (χ1n) is 11.9. The van der Waals surface area contributed by atoms with E-state index in [1.165, 1.54) is 19.2 Å². The van der Waals surface area contributed by atoms with Crippen LogP contribution in [0.4, 0.5) is 13.2 Å². The van der Waals surface area contributed by atoms with Gasteiger partial charge in [-0.1, -0.05) is 32.9 Å². The SMILES string of the molecule is COc1ccc(CN(C[C@H]2CCCO2)C(=O)CC(C)(C)C)cc1OS(=O)(=O)c1cccc(C(F)(F)F)c1. The van der Waals surface area contributed by atoms with Crippen LogP contribution in [-0.2, 0) is 32.4 Å². The van der Waals surface area contributed by atoms with E-state index in [0.717, 1.165) is 31.0 Å². The van der Waals surface area contributed by atoms with Crippen LogP contribution in [-0.4, -0.2) is 45.6 Å². The van der Waals surface area contributed by atoms with E-state index in [1.54, 1.807) is 11.0 Å². The quantitative estimate of drug-likeness (QED) is 0.393. The van der Waals surface area contributed by atoms with Gasteiger partial charge in [0.25, 0.3) is 0 Å². The fraction of sp³-hybridized carbons (Fsp3) is 0.500. The van der Waals surface area contributed by atoms with Crippen LogP contribution in [0, 0.1) is 5.41 Å². The second-order valence-corrected chi connectivity index (χ2v) is 11.7. The molecule has 37 heavy (non-hydrogen) atoms. The van der Waals surface area contributed by atoms with Crippen molar-refractivity contribution in [3.63, 3.8) is 0 Å².